The van der Waals surface area contributed by atoms with Crippen LogP contribution in [-0.4, -0.2) is 35.5 Å². The molecule has 0 radical (unpaired) electrons. The molecule has 0 aromatic heterocycles. The number of primary amides is 1. The lowest BCUT2D eigenvalue weighted by molar-refractivity contribution is -0.133. The van der Waals surface area contributed by atoms with Crippen molar-refractivity contribution in [1.82, 2.24) is 10.2 Å². The summed E-state index contributed by atoms with van der Waals surface area (Å²) in [6.07, 6.45) is 2.22. The van der Waals surface area contributed by atoms with Gasteiger partial charge in [-0.15, -0.1) is 0 Å². The highest BCUT2D eigenvalue weighted by Crippen LogP contribution is 2.39. The lowest BCUT2D eigenvalue weighted by Crippen LogP contribution is -2.51. The summed E-state index contributed by atoms with van der Waals surface area (Å²) < 4.78 is 5.92. The summed E-state index contributed by atoms with van der Waals surface area (Å²) >= 11 is 0. The van der Waals surface area contributed by atoms with Crippen LogP contribution in [0.4, 0.5) is 4.79 Å². The number of likely N-dealkylation sites (tertiary alicyclic amines) is 1. The van der Waals surface area contributed by atoms with Gasteiger partial charge in [0.1, 0.15) is 17.0 Å². The van der Waals surface area contributed by atoms with Crippen molar-refractivity contribution in [3.63, 3.8) is 0 Å². The zero-order valence-electron chi connectivity index (χ0n) is 15.1. The van der Waals surface area contributed by atoms with Gasteiger partial charge in [0.15, 0.2) is 0 Å². The number of nitrogens with one attached hydrogen (secondary N) is 1. The number of urea groups is 1. The highest BCUT2D eigenvalue weighted by molar-refractivity contribution is 5.93. The molecule has 27 heavy (non-hydrogen) atoms. The Hall–Kier alpha value is -3.02. The quantitative estimate of drug-likeness (QED) is 0.854. The molecule has 2 aliphatic rings. The SMILES string of the molecule is NC(=O)NC1(C(=O)N2CCC(c3cccc(Oc4ccccc4)c3)C2)CC1. The van der Waals surface area contributed by atoms with Crippen molar-refractivity contribution in [1.29, 1.82) is 0 Å². The third-order valence-electron chi connectivity index (χ3n) is 5.31. The Kier molecular flexibility index (Phi) is 4.48. The second kappa shape index (κ2) is 6.95. The zero-order chi connectivity index (χ0) is 18.9. The molecule has 2 aromatic carbocycles. The summed E-state index contributed by atoms with van der Waals surface area (Å²) in [6, 6.07) is 17.1. The predicted molar refractivity (Wildman–Crippen MR) is 102 cm³/mol. The average Bonchev–Trinajstić information content (AvgIpc) is 3.27. The van der Waals surface area contributed by atoms with Crippen LogP contribution in [0.3, 0.4) is 0 Å². The molecule has 4 rings (SSSR count). The number of rotatable bonds is 5. The lowest BCUT2D eigenvalue weighted by atomic mass is 9.98. The summed E-state index contributed by atoms with van der Waals surface area (Å²) in [5, 5.41) is 2.63. The highest BCUT2D eigenvalue weighted by atomic mass is 16.5. The first-order valence-corrected chi connectivity index (χ1v) is 9.26. The zero-order valence-corrected chi connectivity index (χ0v) is 15.1. The minimum absolute atomic E-state index is 0.0134. The van der Waals surface area contributed by atoms with E-state index in [2.05, 4.69) is 11.4 Å². The van der Waals surface area contributed by atoms with Gasteiger partial charge in [-0.05, 0) is 49.1 Å². The molecule has 6 heteroatoms. The number of ether oxygens (including phenoxy) is 1. The number of hydrogen-bond donors (Lipinski definition) is 2. The Bertz CT molecular complexity index is 849. The molecule has 1 heterocycles. The fourth-order valence-electron chi connectivity index (χ4n) is 3.73. The molecular weight excluding hydrogens is 342 g/mol. The Morgan fingerprint density at radius 1 is 1.07 bits per heavy atom. The van der Waals surface area contributed by atoms with E-state index in [0.717, 1.165) is 23.5 Å². The first-order chi connectivity index (χ1) is 13.1. The molecular formula is C21H23N3O3. The molecule has 1 saturated carbocycles. The van der Waals surface area contributed by atoms with E-state index >= 15 is 0 Å². The van der Waals surface area contributed by atoms with E-state index in [-0.39, 0.29) is 11.8 Å². The van der Waals surface area contributed by atoms with Gasteiger partial charge in [-0.25, -0.2) is 4.79 Å². The maximum absolute atomic E-state index is 12.8. The number of carbonyl (C=O) groups is 2. The molecule has 1 atom stereocenters. The number of hydrogen-bond acceptors (Lipinski definition) is 3. The van der Waals surface area contributed by atoms with Crippen LogP contribution < -0.4 is 15.8 Å². The number of benzene rings is 2. The van der Waals surface area contributed by atoms with Gasteiger partial charge in [0.25, 0.3) is 0 Å². The summed E-state index contributed by atoms with van der Waals surface area (Å²) in [6.45, 7) is 1.34. The van der Waals surface area contributed by atoms with Crippen LogP contribution in [0.2, 0.25) is 0 Å². The summed E-state index contributed by atoms with van der Waals surface area (Å²) in [4.78, 5) is 25.8. The molecule has 140 valence electrons. The monoisotopic (exact) mass is 365 g/mol. The van der Waals surface area contributed by atoms with Crippen LogP contribution >= 0.6 is 0 Å². The van der Waals surface area contributed by atoms with Crippen molar-refractivity contribution in [3.8, 4) is 11.5 Å². The van der Waals surface area contributed by atoms with Crippen LogP contribution in [0.15, 0.2) is 54.6 Å². The van der Waals surface area contributed by atoms with Gasteiger partial charge in [-0.3, -0.25) is 4.79 Å². The largest absolute Gasteiger partial charge is 0.457 e. The first kappa shape index (κ1) is 17.4. The number of nitrogens with zero attached hydrogens (tertiary/aromatic N) is 1. The van der Waals surface area contributed by atoms with Crippen molar-refractivity contribution in [2.24, 2.45) is 5.73 Å². The maximum Gasteiger partial charge on any atom is 0.313 e. The van der Waals surface area contributed by atoms with Crippen molar-refractivity contribution in [2.45, 2.75) is 30.7 Å². The summed E-state index contributed by atoms with van der Waals surface area (Å²) in [7, 11) is 0. The van der Waals surface area contributed by atoms with Gasteiger partial charge in [0, 0.05) is 19.0 Å². The van der Waals surface area contributed by atoms with E-state index in [1.165, 1.54) is 0 Å². The van der Waals surface area contributed by atoms with Crippen LogP contribution in [0.5, 0.6) is 11.5 Å². The van der Waals surface area contributed by atoms with Crippen LogP contribution in [-0.2, 0) is 4.79 Å². The van der Waals surface area contributed by atoms with E-state index in [0.29, 0.717) is 25.9 Å². The third-order valence-corrected chi connectivity index (χ3v) is 5.31. The molecule has 3 N–H and O–H groups in total. The standard InChI is InChI=1S/C21H23N3O3/c22-20(26)23-21(10-11-21)19(25)24-12-9-16(14-24)15-5-4-8-18(13-15)27-17-6-2-1-3-7-17/h1-8,13,16H,9-12,14H2,(H3,22,23,26). The van der Waals surface area contributed by atoms with Crippen LogP contribution in [0.1, 0.15) is 30.7 Å². The Balaban J connectivity index is 1.42. The predicted octanol–water partition coefficient (Wildman–Crippen LogP) is 3.00. The Morgan fingerprint density at radius 2 is 1.81 bits per heavy atom. The van der Waals surface area contributed by atoms with E-state index < -0.39 is 11.6 Å². The molecule has 2 aromatic rings. The van der Waals surface area contributed by atoms with Crippen molar-refractivity contribution >= 4 is 11.9 Å². The summed E-state index contributed by atoms with van der Waals surface area (Å²) in [5.74, 6) is 1.83. The van der Waals surface area contributed by atoms with Crippen molar-refractivity contribution < 1.29 is 14.3 Å². The smallest absolute Gasteiger partial charge is 0.313 e. The summed E-state index contributed by atoms with van der Waals surface area (Å²) in [5.41, 5.74) is 5.61. The van der Waals surface area contributed by atoms with Crippen LogP contribution in [0.25, 0.3) is 0 Å². The van der Waals surface area contributed by atoms with Crippen molar-refractivity contribution in [3.05, 3.63) is 60.2 Å². The Morgan fingerprint density at radius 3 is 2.52 bits per heavy atom. The van der Waals surface area contributed by atoms with Gasteiger partial charge >= 0.3 is 6.03 Å². The first-order valence-electron chi connectivity index (χ1n) is 9.26. The molecule has 1 aliphatic heterocycles. The fraction of sp³-hybridized carbons (Fsp3) is 0.333. The van der Waals surface area contributed by atoms with Gasteiger partial charge in [0.2, 0.25) is 5.91 Å². The topological polar surface area (TPSA) is 84.7 Å². The number of amides is 3. The molecule has 6 nitrogen and oxygen atoms in total. The maximum atomic E-state index is 12.8. The molecule has 3 amide bonds. The number of para-hydroxylation sites is 1. The molecule has 1 unspecified atom stereocenters. The van der Waals surface area contributed by atoms with E-state index in [1.807, 2.05) is 53.4 Å². The minimum atomic E-state index is -0.765. The average molecular weight is 365 g/mol. The molecule has 0 bridgehead atoms. The second-order valence-corrected chi connectivity index (χ2v) is 7.30. The van der Waals surface area contributed by atoms with Crippen LogP contribution in [0, 0.1) is 0 Å². The van der Waals surface area contributed by atoms with E-state index in [9.17, 15) is 9.59 Å². The molecule has 2 fully saturated rings. The van der Waals surface area contributed by atoms with Crippen molar-refractivity contribution in [2.75, 3.05) is 13.1 Å². The molecule has 1 saturated heterocycles. The number of nitrogens with two attached hydrogens (primary N) is 1. The van der Waals surface area contributed by atoms with E-state index in [4.69, 9.17) is 10.5 Å². The van der Waals surface area contributed by atoms with Gasteiger partial charge in [-0.1, -0.05) is 30.3 Å². The molecule has 0 spiro atoms. The van der Waals surface area contributed by atoms with Gasteiger partial charge in [-0.2, -0.15) is 0 Å². The minimum Gasteiger partial charge on any atom is -0.457 e. The third kappa shape index (κ3) is 3.74. The molecule has 1 aliphatic carbocycles. The highest BCUT2D eigenvalue weighted by Gasteiger charge is 2.53. The van der Waals surface area contributed by atoms with E-state index in [1.54, 1.807) is 0 Å². The number of carbonyl (C=O) groups excluding carboxylic acids is 2. The van der Waals surface area contributed by atoms with Gasteiger partial charge < -0.3 is 20.7 Å². The lowest BCUT2D eigenvalue weighted by Gasteiger charge is -2.23. The second-order valence-electron chi connectivity index (χ2n) is 7.30. The normalized spacial score (nSPS) is 20.1. The van der Waals surface area contributed by atoms with Gasteiger partial charge in [0.05, 0.1) is 0 Å². The fourth-order valence-corrected chi connectivity index (χ4v) is 3.73. The Labute approximate surface area is 158 Å².